The predicted octanol–water partition coefficient (Wildman–Crippen LogP) is 5.24. The van der Waals surface area contributed by atoms with Gasteiger partial charge in [0.1, 0.15) is 11.8 Å². The smallest absolute Gasteiger partial charge is 0.201 e. The molecule has 0 atom stereocenters. The molecular formula is C18H10ClNO2S. The molecular weight excluding hydrogens is 330 g/mol. The predicted molar refractivity (Wildman–Crippen MR) is 94.0 cm³/mol. The van der Waals surface area contributed by atoms with Crippen LogP contribution >= 0.6 is 22.9 Å². The van der Waals surface area contributed by atoms with E-state index in [9.17, 15) is 4.79 Å². The Labute approximate surface area is 140 Å². The molecule has 0 fully saturated rings. The van der Waals surface area contributed by atoms with Gasteiger partial charge in [-0.05, 0) is 24.3 Å². The zero-order chi connectivity index (χ0) is 15.8. The first-order valence-corrected chi connectivity index (χ1v) is 8.20. The van der Waals surface area contributed by atoms with Gasteiger partial charge in [-0.2, -0.15) is 0 Å². The first kappa shape index (κ1) is 14.2. The van der Waals surface area contributed by atoms with Gasteiger partial charge in [-0.25, -0.2) is 4.98 Å². The van der Waals surface area contributed by atoms with Crippen molar-refractivity contribution in [1.82, 2.24) is 4.98 Å². The lowest BCUT2D eigenvalue weighted by atomic mass is 10.1. The summed E-state index contributed by atoms with van der Waals surface area (Å²) in [6, 6.07) is 14.6. The number of benzene rings is 2. The van der Waals surface area contributed by atoms with Crippen molar-refractivity contribution in [3.8, 4) is 21.7 Å². The Balaban J connectivity index is 1.93. The van der Waals surface area contributed by atoms with Crippen LogP contribution in [0, 0.1) is 0 Å². The number of fused-ring (bicyclic) bond motifs is 1. The van der Waals surface area contributed by atoms with Crippen LogP contribution in [0.25, 0.3) is 32.7 Å². The molecule has 0 aliphatic rings. The molecule has 0 amide bonds. The van der Waals surface area contributed by atoms with Crippen LogP contribution in [0.2, 0.25) is 5.02 Å². The van der Waals surface area contributed by atoms with Crippen LogP contribution in [-0.2, 0) is 0 Å². The van der Waals surface area contributed by atoms with Crippen LogP contribution in [0.1, 0.15) is 0 Å². The monoisotopic (exact) mass is 339 g/mol. The average Bonchev–Trinajstić information content (AvgIpc) is 3.05. The minimum absolute atomic E-state index is 0.0497. The summed E-state index contributed by atoms with van der Waals surface area (Å²) < 4.78 is 5.62. The Kier molecular flexibility index (Phi) is 3.48. The zero-order valence-corrected chi connectivity index (χ0v) is 13.4. The van der Waals surface area contributed by atoms with Crippen LogP contribution < -0.4 is 5.43 Å². The maximum Gasteiger partial charge on any atom is 0.201 e. The Morgan fingerprint density at radius 3 is 2.65 bits per heavy atom. The van der Waals surface area contributed by atoms with Crippen LogP contribution in [0.3, 0.4) is 0 Å². The highest BCUT2D eigenvalue weighted by atomic mass is 35.5. The number of hydrogen-bond acceptors (Lipinski definition) is 4. The summed E-state index contributed by atoms with van der Waals surface area (Å²) in [4.78, 5) is 18.0. The molecule has 0 bridgehead atoms. The molecule has 3 nitrogen and oxygen atoms in total. The van der Waals surface area contributed by atoms with Gasteiger partial charge in [0.25, 0.3) is 0 Å². The van der Waals surface area contributed by atoms with Crippen molar-refractivity contribution in [2.45, 2.75) is 0 Å². The summed E-state index contributed by atoms with van der Waals surface area (Å²) in [5.74, 6) is 0. The van der Waals surface area contributed by atoms with Gasteiger partial charge in [-0.15, -0.1) is 11.3 Å². The van der Waals surface area contributed by atoms with Crippen molar-refractivity contribution >= 4 is 33.9 Å². The van der Waals surface area contributed by atoms with Crippen molar-refractivity contribution in [3.63, 3.8) is 0 Å². The van der Waals surface area contributed by atoms with Crippen LogP contribution in [-0.4, -0.2) is 4.98 Å². The highest BCUT2D eigenvalue weighted by molar-refractivity contribution is 7.13. The molecule has 0 aliphatic carbocycles. The lowest BCUT2D eigenvalue weighted by Gasteiger charge is -2.04. The molecule has 5 heteroatoms. The van der Waals surface area contributed by atoms with E-state index in [1.54, 1.807) is 17.6 Å². The van der Waals surface area contributed by atoms with Gasteiger partial charge in [0, 0.05) is 10.6 Å². The molecule has 2 aromatic carbocycles. The van der Waals surface area contributed by atoms with Crippen LogP contribution in [0.15, 0.2) is 69.5 Å². The lowest BCUT2D eigenvalue weighted by molar-refractivity contribution is 0.605. The minimum Gasteiger partial charge on any atom is -0.463 e. The van der Waals surface area contributed by atoms with Crippen LogP contribution in [0.4, 0.5) is 0 Å². The standard InChI is InChI=1S/C18H10ClNO2S/c19-12-7-5-11(6-8-12)16-18(23-10-20-16)14-9-22-15-4-2-1-3-13(15)17(14)21/h1-10H. The molecule has 112 valence electrons. The summed E-state index contributed by atoms with van der Waals surface area (Å²) in [6.07, 6.45) is 1.51. The highest BCUT2D eigenvalue weighted by Crippen LogP contribution is 2.34. The molecule has 0 spiro atoms. The average molecular weight is 340 g/mol. The summed E-state index contributed by atoms with van der Waals surface area (Å²) >= 11 is 7.36. The van der Waals surface area contributed by atoms with Gasteiger partial charge in [0.15, 0.2) is 0 Å². The molecule has 2 aromatic heterocycles. The van der Waals surface area contributed by atoms with Gasteiger partial charge < -0.3 is 4.42 Å². The molecule has 23 heavy (non-hydrogen) atoms. The van der Waals surface area contributed by atoms with E-state index in [4.69, 9.17) is 16.0 Å². The largest absolute Gasteiger partial charge is 0.463 e. The van der Waals surface area contributed by atoms with Crippen LogP contribution in [0.5, 0.6) is 0 Å². The number of para-hydroxylation sites is 1. The summed E-state index contributed by atoms with van der Waals surface area (Å²) in [5, 5.41) is 1.23. The van der Waals surface area contributed by atoms with E-state index >= 15 is 0 Å². The second kappa shape index (κ2) is 5.65. The third-order valence-corrected chi connectivity index (χ3v) is 4.72. The van der Waals surface area contributed by atoms with Gasteiger partial charge in [0.05, 0.1) is 27.0 Å². The van der Waals surface area contributed by atoms with Gasteiger partial charge in [-0.1, -0.05) is 35.9 Å². The second-order valence-corrected chi connectivity index (χ2v) is 6.30. The van der Waals surface area contributed by atoms with Gasteiger partial charge in [0.2, 0.25) is 5.43 Å². The Morgan fingerprint density at radius 2 is 1.83 bits per heavy atom. The highest BCUT2D eigenvalue weighted by Gasteiger charge is 2.16. The summed E-state index contributed by atoms with van der Waals surface area (Å²) in [5.41, 5.74) is 4.46. The SMILES string of the molecule is O=c1c(-c2scnc2-c2ccc(Cl)cc2)coc2ccccc12. The van der Waals surface area contributed by atoms with Crippen molar-refractivity contribution in [3.05, 3.63) is 75.6 Å². The number of halogens is 1. The molecule has 0 N–H and O–H groups in total. The summed E-state index contributed by atoms with van der Waals surface area (Å²) in [7, 11) is 0. The number of thiazole rings is 1. The normalized spacial score (nSPS) is 11.0. The van der Waals surface area contributed by atoms with E-state index in [0.717, 1.165) is 16.1 Å². The van der Waals surface area contributed by atoms with E-state index in [2.05, 4.69) is 4.98 Å². The number of aromatic nitrogens is 1. The Morgan fingerprint density at radius 1 is 1.04 bits per heavy atom. The number of nitrogens with zero attached hydrogens (tertiary/aromatic N) is 1. The summed E-state index contributed by atoms with van der Waals surface area (Å²) in [6.45, 7) is 0. The molecule has 0 aliphatic heterocycles. The van der Waals surface area contributed by atoms with E-state index in [1.165, 1.54) is 17.6 Å². The van der Waals surface area contributed by atoms with E-state index in [-0.39, 0.29) is 5.43 Å². The zero-order valence-electron chi connectivity index (χ0n) is 11.8. The molecule has 4 aromatic rings. The fourth-order valence-corrected chi connectivity index (χ4v) is 3.42. The Hall–Kier alpha value is -2.43. The molecule has 0 saturated carbocycles. The van der Waals surface area contributed by atoms with Gasteiger partial charge >= 0.3 is 0 Å². The van der Waals surface area contributed by atoms with Gasteiger partial charge in [-0.3, -0.25) is 4.79 Å². The first-order valence-electron chi connectivity index (χ1n) is 6.94. The topological polar surface area (TPSA) is 43.1 Å². The van der Waals surface area contributed by atoms with E-state index < -0.39 is 0 Å². The minimum atomic E-state index is -0.0497. The van der Waals surface area contributed by atoms with Crippen molar-refractivity contribution < 1.29 is 4.42 Å². The quantitative estimate of drug-likeness (QED) is 0.501. The fourth-order valence-electron chi connectivity index (χ4n) is 2.49. The number of rotatable bonds is 2. The van der Waals surface area contributed by atoms with Crippen molar-refractivity contribution in [2.75, 3.05) is 0 Å². The van der Waals surface area contributed by atoms with E-state index in [0.29, 0.717) is 21.6 Å². The second-order valence-electron chi connectivity index (χ2n) is 5.01. The van der Waals surface area contributed by atoms with Crippen molar-refractivity contribution in [1.29, 1.82) is 0 Å². The maximum atomic E-state index is 12.8. The molecule has 0 saturated heterocycles. The fraction of sp³-hybridized carbons (Fsp3) is 0. The number of hydrogen-bond donors (Lipinski definition) is 0. The molecule has 0 unspecified atom stereocenters. The van der Waals surface area contributed by atoms with Crippen molar-refractivity contribution in [2.24, 2.45) is 0 Å². The Bertz CT molecular complexity index is 1050. The maximum absolute atomic E-state index is 12.8. The molecule has 0 radical (unpaired) electrons. The molecule has 4 rings (SSSR count). The first-order chi connectivity index (χ1) is 11.2. The van der Waals surface area contributed by atoms with E-state index in [1.807, 2.05) is 36.4 Å². The molecule has 2 heterocycles. The third-order valence-electron chi connectivity index (χ3n) is 3.61. The third kappa shape index (κ3) is 2.46. The lowest BCUT2D eigenvalue weighted by Crippen LogP contribution is -2.04.